The summed E-state index contributed by atoms with van der Waals surface area (Å²) in [5.41, 5.74) is 0.391. The summed E-state index contributed by atoms with van der Waals surface area (Å²) in [6, 6.07) is 7.51. The predicted octanol–water partition coefficient (Wildman–Crippen LogP) is 4.31. The van der Waals surface area contributed by atoms with Crippen molar-refractivity contribution in [1.29, 1.82) is 5.26 Å². The molecule has 0 aliphatic carbocycles. The highest BCUT2D eigenvalue weighted by Crippen LogP contribution is 2.35. The van der Waals surface area contributed by atoms with Gasteiger partial charge in [0.15, 0.2) is 17.4 Å². The van der Waals surface area contributed by atoms with Gasteiger partial charge < -0.3 is 10.1 Å². The van der Waals surface area contributed by atoms with Gasteiger partial charge in [0.05, 0.1) is 11.6 Å². The average molecular weight is 505 g/mol. The van der Waals surface area contributed by atoms with Gasteiger partial charge in [0.2, 0.25) is 0 Å². The molecular formula is C19H12BrF3N8O. The minimum atomic E-state index is -4.87. The van der Waals surface area contributed by atoms with Gasteiger partial charge in [-0.05, 0) is 31.2 Å². The molecule has 4 aromatic rings. The molecule has 1 unspecified atom stereocenters. The number of alkyl halides is 3. The van der Waals surface area contributed by atoms with Crippen molar-refractivity contribution >= 4 is 32.7 Å². The lowest BCUT2D eigenvalue weighted by atomic mass is 10.2. The third-order valence-corrected chi connectivity index (χ3v) is 4.76. The van der Waals surface area contributed by atoms with Gasteiger partial charge in [-0.15, -0.1) is 13.2 Å². The molecule has 0 saturated heterocycles. The Hall–Kier alpha value is -3.79. The van der Waals surface area contributed by atoms with E-state index < -0.39 is 18.2 Å². The van der Waals surface area contributed by atoms with Crippen LogP contribution in [0.2, 0.25) is 0 Å². The van der Waals surface area contributed by atoms with Crippen LogP contribution in [0, 0.1) is 11.3 Å². The van der Waals surface area contributed by atoms with Crippen LogP contribution in [0.15, 0.2) is 47.6 Å². The lowest BCUT2D eigenvalue weighted by molar-refractivity contribution is -0.274. The molecule has 13 heteroatoms. The number of benzene rings is 1. The zero-order valence-corrected chi connectivity index (χ0v) is 17.8. The maximum atomic E-state index is 12.8. The summed E-state index contributed by atoms with van der Waals surface area (Å²) in [5, 5.41) is 16.5. The molecule has 4 rings (SSSR count). The molecule has 1 atom stereocenters. The molecule has 3 heterocycles. The van der Waals surface area contributed by atoms with Gasteiger partial charge in [-0.3, -0.25) is 0 Å². The lowest BCUT2D eigenvalue weighted by Crippen LogP contribution is -2.18. The number of nitrogens with zero attached hydrogens (tertiary/aromatic N) is 7. The third-order valence-electron chi connectivity index (χ3n) is 4.30. The van der Waals surface area contributed by atoms with Crippen LogP contribution in [0.25, 0.3) is 16.7 Å². The zero-order valence-electron chi connectivity index (χ0n) is 16.2. The second-order valence-electron chi connectivity index (χ2n) is 6.48. The molecule has 0 fully saturated rings. The molecule has 0 aliphatic rings. The summed E-state index contributed by atoms with van der Waals surface area (Å²) < 4.78 is 44.4. The van der Waals surface area contributed by atoms with Crippen LogP contribution in [0.5, 0.6) is 5.75 Å². The van der Waals surface area contributed by atoms with Crippen molar-refractivity contribution in [3.8, 4) is 17.6 Å². The maximum absolute atomic E-state index is 12.8. The van der Waals surface area contributed by atoms with Crippen molar-refractivity contribution < 1.29 is 17.9 Å². The summed E-state index contributed by atoms with van der Waals surface area (Å²) in [6.45, 7) is 1.78. The first-order valence-corrected chi connectivity index (χ1v) is 9.77. The van der Waals surface area contributed by atoms with E-state index in [-0.39, 0.29) is 11.3 Å². The molecule has 1 aromatic carbocycles. The topological polar surface area (TPSA) is 114 Å². The number of pyridine rings is 1. The first-order valence-electron chi connectivity index (χ1n) is 8.98. The summed E-state index contributed by atoms with van der Waals surface area (Å²) >= 11 is 3.20. The van der Waals surface area contributed by atoms with E-state index in [0.717, 1.165) is 6.33 Å². The van der Waals surface area contributed by atoms with E-state index in [0.29, 0.717) is 27.1 Å². The minimum Gasteiger partial charge on any atom is -0.403 e. The SMILES string of the molecule is CC(Nc1ncnc2c(OC(F)(F)F)cc(Br)cc12)c1ncnn1-c1ccc(C#N)cn1. The fourth-order valence-electron chi connectivity index (χ4n) is 2.99. The Kier molecular flexibility index (Phi) is 5.62. The van der Waals surface area contributed by atoms with E-state index in [2.05, 4.69) is 51.0 Å². The van der Waals surface area contributed by atoms with Gasteiger partial charge in [0.25, 0.3) is 0 Å². The molecule has 1 N–H and O–H groups in total. The molecule has 0 aliphatic heterocycles. The second kappa shape index (κ2) is 8.39. The van der Waals surface area contributed by atoms with Crippen molar-refractivity contribution in [3.63, 3.8) is 0 Å². The zero-order chi connectivity index (χ0) is 22.9. The first kappa shape index (κ1) is 21.4. The highest BCUT2D eigenvalue weighted by atomic mass is 79.9. The van der Waals surface area contributed by atoms with Crippen LogP contribution in [0.1, 0.15) is 24.4 Å². The number of rotatable bonds is 5. The van der Waals surface area contributed by atoms with E-state index in [1.54, 1.807) is 25.1 Å². The highest BCUT2D eigenvalue weighted by Gasteiger charge is 2.32. The van der Waals surface area contributed by atoms with E-state index in [1.165, 1.54) is 23.3 Å². The molecular weight excluding hydrogens is 493 g/mol. The number of hydrogen-bond donors (Lipinski definition) is 1. The van der Waals surface area contributed by atoms with Gasteiger partial charge in [0.1, 0.15) is 30.1 Å². The fraction of sp³-hybridized carbons (Fsp3) is 0.158. The smallest absolute Gasteiger partial charge is 0.403 e. The Labute approximate surface area is 187 Å². The maximum Gasteiger partial charge on any atom is 0.573 e. The van der Waals surface area contributed by atoms with Gasteiger partial charge >= 0.3 is 6.36 Å². The van der Waals surface area contributed by atoms with Gasteiger partial charge in [-0.1, -0.05) is 15.9 Å². The summed E-state index contributed by atoms with van der Waals surface area (Å²) in [4.78, 5) is 16.6. The summed E-state index contributed by atoms with van der Waals surface area (Å²) in [5.74, 6) is 0.736. The van der Waals surface area contributed by atoms with Crippen LogP contribution < -0.4 is 10.1 Å². The van der Waals surface area contributed by atoms with E-state index in [9.17, 15) is 13.2 Å². The number of nitrogens with one attached hydrogen (secondary N) is 1. The number of nitriles is 1. The molecule has 0 bridgehead atoms. The standard InChI is InChI=1S/C19H12BrF3N8O/c1-10(18-28-9-29-31(18)15-3-2-11(6-24)7-25-15)30-17-13-4-12(20)5-14(32-19(21,22)23)16(13)26-8-27-17/h2-5,7-10H,1H3,(H,26,27,30). The van der Waals surface area contributed by atoms with Crippen molar-refractivity contribution in [2.75, 3.05) is 5.32 Å². The number of fused-ring (bicyclic) bond motifs is 1. The van der Waals surface area contributed by atoms with Crippen LogP contribution in [0.3, 0.4) is 0 Å². The normalized spacial score (nSPS) is 12.4. The Balaban J connectivity index is 1.69. The van der Waals surface area contributed by atoms with Crippen LogP contribution in [-0.2, 0) is 0 Å². The minimum absolute atomic E-state index is 0.00884. The Morgan fingerprint density at radius 1 is 1.16 bits per heavy atom. The lowest BCUT2D eigenvalue weighted by Gasteiger charge is -2.17. The molecule has 32 heavy (non-hydrogen) atoms. The van der Waals surface area contributed by atoms with E-state index in [4.69, 9.17) is 5.26 Å². The molecule has 9 nitrogen and oxygen atoms in total. The number of anilines is 1. The molecule has 0 amide bonds. The van der Waals surface area contributed by atoms with E-state index >= 15 is 0 Å². The molecule has 0 spiro atoms. The summed E-state index contributed by atoms with van der Waals surface area (Å²) in [7, 11) is 0. The molecule has 3 aromatic heterocycles. The molecule has 0 saturated carbocycles. The Morgan fingerprint density at radius 2 is 1.97 bits per heavy atom. The quantitative estimate of drug-likeness (QED) is 0.427. The first-order chi connectivity index (χ1) is 15.2. The Morgan fingerprint density at radius 3 is 2.66 bits per heavy atom. The largest absolute Gasteiger partial charge is 0.573 e. The molecule has 162 valence electrons. The number of ether oxygens (including phenoxy) is 1. The number of halogens is 4. The number of hydrogen-bond acceptors (Lipinski definition) is 8. The van der Waals surface area contributed by atoms with Crippen LogP contribution in [-0.4, -0.2) is 36.1 Å². The second-order valence-corrected chi connectivity index (χ2v) is 7.40. The molecule has 0 radical (unpaired) electrons. The Bertz CT molecular complexity index is 1320. The fourth-order valence-corrected chi connectivity index (χ4v) is 3.43. The van der Waals surface area contributed by atoms with Gasteiger partial charge in [-0.2, -0.15) is 15.0 Å². The van der Waals surface area contributed by atoms with Gasteiger partial charge in [-0.25, -0.2) is 19.9 Å². The van der Waals surface area contributed by atoms with Gasteiger partial charge in [0, 0.05) is 16.1 Å². The monoisotopic (exact) mass is 504 g/mol. The summed E-state index contributed by atoms with van der Waals surface area (Å²) in [6.07, 6.45) is -0.973. The highest BCUT2D eigenvalue weighted by molar-refractivity contribution is 9.10. The number of aromatic nitrogens is 6. The van der Waals surface area contributed by atoms with Crippen molar-refractivity contribution in [1.82, 2.24) is 29.7 Å². The average Bonchev–Trinajstić information content (AvgIpc) is 3.23. The van der Waals surface area contributed by atoms with Crippen molar-refractivity contribution in [2.45, 2.75) is 19.3 Å². The van der Waals surface area contributed by atoms with Crippen molar-refractivity contribution in [2.24, 2.45) is 0 Å². The van der Waals surface area contributed by atoms with Crippen LogP contribution in [0.4, 0.5) is 19.0 Å². The van der Waals surface area contributed by atoms with E-state index in [1.807, 2.05) is 6.07 Å². The predicted molar refractivity (Wildman–Crippen MR) is 110 cm³/mol. The van der Waals surface area contributed by atoms with Crippen molar-refractivity contribution in [3.05, 3.63) is 59.0 Å². The van der Waals surface area contributed by atoms with Crippen LogP contribution >= 0.6 is 15.9 Å². The third kappa shape index (κ3) is 4.45.